The van der Waals surface area contributed by atoms with Gasteiger partial charge in [0.25, 0.3) is 5.91 Å². The van der Waals surface area contributed by atoms with E-state index in [0.717, 1.165) is 5.56 Å². The second kappa shape index (κ2) is 8.20. The van der Waals surface area contributed by atoms with E-state index in [1.54, 1.807) is 57.4 Å². The Hall–Kier alpha value is -3.52. The smallest absolute Gasteiger partial charge is 0.296 e. The molecule has 0 bridgehead atoms. The highest BCUT2D eigenvalue weighted by Gasteiger charge is 2.48. The van der Waals surface area contributed by atoms with E-state index in [-0.39, 0.29) is 11.4 Å². The van der Waals surface area contributed by atoms with E-state index in [2.05, 4.69) is 9.97 Å². The molecule has 4 rings (SSSR count). The molecule has 1 aromatic carbocycles. The SMILES string of the molecule is COc1ccccc1C1C(C(=O)C(C)(C)C)=C(O)C(=O)N1c1nc(-c2cccnc2)cs1. The molecule has 0 fully saturated rings. The van der Waals surface area contributed by atoms with Crippen molar-refractivity contribution in [2.75, 3.05) is 12.0 Å². The highest BCUT2D eigenvalue weighted by molar-refractivity contribution is 7.14. The van der Waals surface area contributed by atoms with Crippen molar-refractivity contribution in [1.82, 2.24) is 9.97 Å². The molecular formula is C24H23N3O4S. The van der Waals surface area contributed by atoms with Gasteiger partial charge in [-0.1, -0.05) is 39.0 Å². The molecule has 1 atom stereocenters. The van der Waals surface area contributed by atoms with E-state index in [1.807, 2.05) is 17.5 Å². The molecule has 2 aromatic heterocycles. The molecule has 7 nitrogen and oxygen atoms in total. The number of ether oxygens (including phenoxy) is 1. The van der Waals surface area contributed by atoms with Crippen LogP contribution in [-0.4, -0.2) is 33.9 Å². The number of benzene rings is 1. The molecule has 1 unspecified atom stereocenters. The lowest BCUT2D eigenvalue weighted by Crippen LogP contribution is -2.33. The molecule has 0 radical (unpaired) electrons. The number of rotatable bonds is 5. The quantitative estimate of drug-likeness (QED) is 0.605. The minimum absolute atomic E-state index is 0.0464. The van der Waals surface area contributed by atoms with Gasteiger partial charge in [-0.25, -0.2) is 4.98 Å². The number of aromatic nitrogens is 2. The Morgan fingerprint density at radius 1 is 1.19 bits per heavy atom. The number of ketones is 1. The molecular weight excluding hydrogens is 426 g/mol. The minimum Gasteiger partial charge on any atom is -0.503 e. The van der Waals surface area contributed by atoms with Crippen LogP contribution in [-0.2, 0) is 9.59 Å². The number of pyridine rings is 1. The fourth-order valence-corrected chi connectivity index (χ4v) is 4.51. The third-order valence-electron chi connectivity index (χ3n) is 5.22. The van der Waals surface area contributed by atoms with Gasteiger partial charge in [-0.2, -0.15) is 0 Å². The van der Waals surface area contributed by atoms with Gasteiger partial charge < -0.3 is 9.84 Å². The van der Waals surface area contributed by atoms with Crippen LogP contribution >= 0.6 is 11.3 Å². The first-order valence-corrected chi connectivity index (χ1v) is 10.9. The molecule has 32 heavy (non-hydrogen) atoms. The third kappa shape index (κ3) is 3.67. The van der Waals surface area contributed by atoms with Gasteiger partial charge in [0, 0.05) is 34.3 Å². The Balaban J connectivity index is 1.88. The maximum absolute atomic E-state index is 13.3. The Morgan fingerprint density at radius 2 is 1.94 bits per heavy atom. The number of methoxy groups -OCH3 is 1. The molecule has 0 spiro atoms. The van der Waals surface area contributed by atoms with Gasteiger partial charge >= 0.3 is 0 Å². The minimum atomic E-state index is -0.863. The Labute approximate surface area is 190 Å². The summed E-state index contributed by atoms with van der Waals surface area (Å²) >= 11 is 1.26. The van der Waals surface area contributed by atoms with Crippen molar-refractivity contribution in [3.63, 3.8) is 0 Å². The first kappa shape index (κ1) is 21.7. The first-order chi connectivity index (χ1) is 15.2. The number of nitrogens with zero attached hydrogens (tertiary/aromatic N) is 3. The number of aliphatic hydroxyl groups excluding tert-OH is 1. The monoisotopic (exact) mass is 449 g/mol. The summed E-state index contributed by atoms with van der Waals surface area (Å²) in [5, 5.41) is 13.0. The van der Waals surface area contributed by atoms with Crippen LogP contribution in [0.15, 0.2) is 65.5 Å². The average Bonchev–Trinajstić information content (AvgIpc) is 3.36. The van der Waals surface area contributed by atoms with Crippen LogP contribution in [0.3, 0.4) is 0 Å². The number of carbonyl (C=O) groups is 2. The van der Waals surface area contributed by atoms with Crippen LogP contribution in [0, 0.1) is 5.41 Å². The van der Waals surface area contributed by atoms with Gasteiger partial charge in [0.1, 0.15) is 11.8 Å². The lowest BCUT2D eigenvalue weighted by molar-refractivity contribution is -0.123. The summed E-state index contributed by atoms with van der Waals surface area (Å²) in [7, 11) is 1.53. The maximum Gasteiger partial charge on any atom is 0.296 e. The average molecular weight is 450 g/mol. The number of amides is 1. The zero-order valence-corrected chi connectivity index (χ0v) is 19.0. The van der Waals surface area contributed by atoms with Gasteiger partial charge in [0.15, 0.2) is 16.7 Å². The largest absolute Gasteiger partial charge is 0.503 e. The fourth-order valence-electron chi connectivity index (χ4n) is 3.65. The number of anilines is 1. The molecule has 0 saturated carbocycles. The molecule has 3 heterocycles. The zero-order valence-electron chi connectivity index (χ0n) is 18.2. The summed E-state index contributed by atoms with van der Waals surface area (Å²) in [5.74, 6) is -1.03. The van der Waals surface area contributed by atoms with Gasteiger partial charge in [0.05, 0.1) is 18.4 Å². The van der Waals surface area contributed by atoms with E-state index < -0.39 is 23.1 Å². The van der Waals surface area contributed by atoms with Crippen LogP contribution in [0.4, 0.5) is 5.13 Å². The van der Waals surface area contributed by atoms with Crippen LogP contribution in [0.5, 0.6) is 5.75 Å². The predicted octanol–water partition coefficient (Wildman–Crippen LogP) is 4.73. The predicted molar refractivity (Wildman–Crippen MR) is 123 cm³/mol. The standard InChI is InChI=1S/C24H23N3O4S/c1-24(2,3)21(29)18-19(15-9-5-6-10-17(15)31-4)27(22(30)20(18)28)23-26-16(13-32-23)14-8-7-11-25-12-14/h5-13,19,28H,1-4H3. The third-order valence-corrected chi connectivity index (χ3v) is 6.06. The fraction of sp³-hybridized carbons (Fsp3) is 0.250. The van der Waals surface area contributed by atoms with Gasteiger partial charge in [-0.15, -0.1) is 11.3 Å². The number of para-hydroxylation sites is 1. The van der Waals surface area contributed by atoms with Crippen molar-refractivity contribution in [2.24, 2.45) is 5.41 Å². The molecule has 8 heteroatoms. The summed E-state index contributed by atoms with van der Waals surface area (Å²) in [6.07, 6.45) is 3.36. The Bertz CT molecular complexity index is 1210. The van der Waals surface area contributed by atoms with Crippen LogP contribution in [0.25, 0.3) is 11.3 Å². The van der Waals surface area contributed by atoms with Crippen molar-refractivity contribution in [3.8, 4) is 17.0 Å². The number of carbonyl (C=O) groups excluding carboxylic acids is 2. The van der Waals surface area contributed by atoms with Gasteiger partial charge in [-0.3, -0.25) is 19.5 Å². The zero-order chi connectivity index (χ0) is 23.0. The summed E-state index contributed by atoms with van der Waals surface area (Å²) in [6.45, 7) is 5.27. The van der Waals surface area contributed by atoms with Crippen molar-refractivity contribution in [3.05, 3.63) is 71.1 Å². The first-order valence-electron chi connectivity index (χ1n) is 10.0. The Morgan fingerprint density at radius 3 is 2.59 bits per heavy atom. The second-order valence-corrected chi connectivity index (χ2v) is 9.25. The lowest BCUT2D eigenvalue weighted by Gasteiger charge is -2.28. The highest BCUT2D eigenvalue weighted by Crippen LogP contribution is 2.46. The van der Waals surface area contributed by atoms with Gasteiger partial charge in [-0.05, 0) is 18.2 Å². The molecule has 1 amide bonds. The second-order valence-electron chi connectivity index (χ2n) is 8.42. The topological polar surface area (TPSA) is 92.6 Å². The lowest BCUT2D eigenvalue weighted by atomic mass is 9.82. The molecule has 0 saturated heterocycles. The van der Waals surface area contributed by atoms with Crippen LogP contribution in [0.1, 0.15) is 32.4 Å². The molecule has 1 aliphatic heterocycles. The number of thiazole rings is 1. The molecule has 0 aliphatic carbocycles. The highest BCUT2D eigenvalue weighted by atomic mass is 32.1. The summed E-state index contributed by atoms with van der Waals surface area (Å²) in [4.78, 5) is 36.7. The van der Waals surface area contributed by atoms with Crippen LogP contribution < -0.4 is 9.64 Å². The molecule has 1 aliphatic rings. The van der Waals surface area contributed by atoms with E-state index >= 15 is 0 Å². The number of hydrogen-bond acceptors (Lipinski definition) is 7. The van der Waals surface area contributed by atoms with Crippen molar-refractivity contribution in [2.45, 2.75) is 26.8 Å². The normalized spacial score (nSPS) is 16.6. The van der Waals surface area contributed by atoms with Crippen LogP contribution in [0.2, 0.25) is 0 Å². The Kier molecular flexibility index (Phi) is 5.56. The van der Waals surface area contributed by atoms with E-state index in [4.69, 9.17) is 4.74 Å². The molecule has 1 N–H and O–H groups in total. The van der Waals surface area contributed by atoms with E-state index in [1.165, 1.54) is 23.3 Å². The molecule has 164 valence electrons. The number of hydrogen-bond donors (Lipinski definition) is 1. The summed E-state index contributed by atoms with van der Waals surface area (Å²) in [6, 6.07) is 9.97. The molecule has 3 aromatic rings. The summed E-state index contributed by atoms with van der Waals surface area (Å²) in [5.41, 5.74) is 1.30. The van der Waals surface area contributed by atoms with Crippen molar-refractivity contribution in [1.29, 1.82) is 0 Å². The van der Waals surface area contributed by atoms with E-state index in [0.29, 0.717) is 22.1 Å². The van der Waals surface area contributed by atoms with Crippen molar-refractivity contribution >= 4 is 28.2 Å². The number of aliphatic hydroxyl groups is 1. The van der Waals surface area contributed by atoms with Crippen molar-refractivity contribution < 1.29 is 19.4 Å². The maximum atomic E-state index is 13.3. The number of Topliss-reactive ketones (excluding diaryl/α,β-unsaturated/α-hetero) is 1. The van der Waals surface area contributed by atoms with E-state index in [9.17, 15) is 14.7 Å². The van der Waals surface area contributed by atoms with Gasteiger partial charge in [0.2, 0.25) is 0 Å². The summed E-state index contributed by atoms with van der Waals surface area (Å²) < 4.78 is 5.52.